The monoisotopic (exact) mass is 273 g/mol. The number of benzene rings is 1. The van der Waals surface area contributed by atoms with Crippen molar-refractivity contribution in [2.45, 2.75) is 6.04 Å². The molecule has 102 valence electrons. The highest BCUT2D eigenvalue weighted by molar-refractivity contribution is 5.44. The minimum absolute atomic E-state index is 0.0922. The summed E-state index contributed by atoms with van der Waals surface area (Å²) in [6.07, 6.45) is 8.52. The van der Waals surface area contributed by atoms with Crippen molar-refractivity contribution in [3.8, 4) is 5.75 Å². The summed E-state index contributed by atoms with van der Waals surface area (Å²) in [5.41, 5.74) is 6.39. The third-order valence-corrected chi connectivity index (χ3v) is 2.87. The van der Waals surface area contributed by atoms with Gasteiger partial charge in [0.15, 0.2) is 0 Å². The molecule has 0 spiro atoms. The van der Waals surface area contributed by atoms with Crippen LogP contribution in [0.1, 0.15) is 11.6 Å². The van der Waals surface area contributed by atoms with E-state index >= 15 is 0 Å². The summed E-state index contributed by atoms with van der Waals surface area (Å²) in [5, 5.41) is 6.78. The zero-order valence-electron chi connectivity index (χ0n) is 10.4. The molecule has 1 aromatic carbocycles. The number of rotatable bonds is 3. The molecule has 6 heteroatoms. The molecule has 20 heavy (non-hydrogen) atoms. The average molecular weight is 273 g/mol. The second-order valence-corrected chi connectivity index (χ2v) is 4.29. The van der Waals surface area contributed by atoms with Crippen molar-refractivity contribution >= 4 is 5.69 Å². The number of nitrogens with zero attached hydrogens (tertiary/aromatic N) is 1. The van der Waals surface area contributed by atoms with Crippen LogP contribution >= 0.6 is 0 Å². The van der Waals surface area contributed by atoms with Crippen LogP contribution in [0.25, 0.3) is 0 Å². The first kappa shape index (κ1) is 12.3. The Bertz CT molecular complexity index is 665. The van der Waals surface area contributed by atoms with Crippen LogP contribution in [0.4, 0.5) is 10.1 Å². The largest absolute Gasteiger partial charge is 0.457 e. The average Bonchev–Trinajstić information content (AvgIpc) is 2.97. The number of aromatic nitrogens is 1. The number of nitrogen functional groups attached to an aromatic ring is 1. The predicted molar refractivity (Wildman–Crippen MR) is 71.0 cm³/mol. The molecule has 1 aliphatic rings. The molecule has 0 fully saturated rings. The van der Waals surface area contributed by atoms with Crippen LogP contribution in [0, 0.1) is 5.82 Å². The van der Waals surface area contributed by atoms with Gasteiger partial charge in [0.2, 0.25) is 0 Å². The number of hydrogen-bond donors (Lipinski definition) is 2. The maximum atomic E-state index is 13.4. The summed E-state index contributed by atoms with van der Waals surface area (Å²) in [5.74, 6) is 0.481. The Hall–Kier alpha value is -2.76. The van der Waals surface area contributed by atoms with Gasteiger partial charge in [-0.2, -0.15) is 0 Å². The Kier molecular flexibility index (Phi) is 3.12. The molecule has 1 aliphatic heterocycles. The number of allylic oxidation sites excluding steroid dienone is 1. The molecule has 3 rings (SSSR count). The SMILES string of the molecule is Nc1ccc(OC2=CC(c3cnoc3)NC=C2)cc1F. The molecule has 0 saturated carbocycles. The van der Waals surface area contributed by atoms with Gasteiger partial charge in [-0.15, -0.1) is 0 Å². The van der Waals surface area contributed by atoms with E-state index in [2.05, 4.69) is 10.5 Å². The third-order valence-electron chi connectivity index (χ3n) is 2.87. The predicted octanol–water partition coefficient (Wildman–Crippen LogP) is 2.52. The van der Waals surface area contributed by atoms with Crippen LogP contribution in [-0.2, 0) is 0 Å². The van der Waals surface area contributed by atoms with Gasteiger partial charge in [-0.1, -0.05) is 5.16 Å². The number of anilines is 1. The van der Waals surface area contributed by atoms with Gasteiger partial charge >= 0.3 is 0 Å². The van der Waals surface area contributed by atoms with Crippen LogP contribution in [0.3, 0.4) is 0 Å². The van der Waals surface area contributed by atoms with Crippen molar-refractivity contribution in [3.05, 3.63) is 66.2 Å². The van der Waals surface area contributed by atoms with Gasteiger partial charge in [-0.05, 0) is 24.3 Å². The zero-order chi connectivity index (χ0) is 13.9. The van der Waals surface area contributed by atoms with Crippen LogP contribution in [0.2, 0.25) is 0 Å². The molecular formula is C14H12FN3O2. The van der Waals surface area contributed by atoms with E-state index in [1.54, 1.807) is 30.8 Å². The third kappa shape index (κ3) is 2.49. The molecule has 1 aromatic heterocycles. The number of nitrogens with one attached hydrogen (secondary N) is 1. The number of halogens is 1. The van der Waals surface area contributed by atoms with Gasteiger partial charge in [0.25, 0.3) is 0 Å². The van der Waals surface area contributed by atoms with Gasteiger partial charge in [0.1, 0.15) is 23.6 Å². The Balaban J connectivity index is 1.79. The molecule has 1 unspecified atom stereocenters. The van der Waals surface area contributed by atoms with E-state index in [1.807, 2.05) is 6.08 Å². The van der Waals surface area contributed by atoms with E-state index in [1.165, 1.54) is 12.1 Å². The quantitative estimate of drug-likeness (QED) is 0.841. The molecule has 0 saturated heterocycles. The molecule has 0 aliphatic carbocycles. The summed E-state index contributed by atoms with van der Waals surface area (Å²) in [4.78, 5) is 0. The van der Waals surface area contributed by atoms with Gasteiger partial charge < -0.3 is 20.3 Å². The first-order chi connectivity index (χ1) is 9.72. The summed E-state index contributed by atoms with van der Waals surface area (Å²) in [6, 6.07) is 4.23. The molecule has 1 atom stereocenters. The maximum absolute atomic E-state index is 13.4. The van der Waals surface area contributed by atoms with E-state index in [4.69, 9.17) is 15.0 Å². The highest BCUT2D eigenvalue weighted by Gasteiger charge is 2.14. The van der Waals surface area contributed by atoms with E-state index in [0.29, 0.717) is 11.5 Å². The molecule has 0 radical (unpaired) electrons. The Morgan fingerprint density at radius 2 is 2.30 bits per heavy atom. The zero-order valence-corrected chi connectivity index (χ0v) is 10.4. The van der Waals surface area contributed by atoms with Crippen molar-refractivity contribution in [1.82, 2.24) is 10.5 Å². The van der Waals surface area contributed by atoms with Crippen LogP contribution < -0.4 is 15.8 Å². The van der Waals surface area contributed by atoms with Crippen molar-refractivity contribution < 1.29 is 13.7 Å². The lowest BCUT2D eigenvalue weighted by molar-refractivity contribution is 0.417. The fourth-order valence-electron chi connectivity index (χ4n) is 1.84. The number of ether oxygens (including phenoxy) is 1. The smallest absolute Gasteiger partial charge is 0.149 e. The Morgan fingerprint density at radius 1 is 1.40 bits per heavy atom. The highest BCUT2D eigenvalue weighted by atomic mass is 19.1. The minimum atomic E-state index is -0.503. The molecule has 5 nitrogen and oxygen atoms in total. The molecule has 2 heterocycles. The second-order valence-electron chi connectivity index (χ2n) is 4.29. The summed E-state index contributed by atoms with van der Waals surface area (Å²) >= 11 is 0. The molecule has 0 amide bonds. The van der Waals surface area contributed by atoms with Crippen molar-refractivity contribution in [2.24, 2.45) is 0 Å². The fraction of sp³-hybridized carbons (Fsp3) is 0.0714. The number of dihydropyridines is 1. The first-order valence-corrected chi connectivity index (χ1v) is 5.99. The second kappa shape index (κ2) is 5.08. The fourth-order valence-corrected chi connectivity index (χ4v) is 1.84. The topological polar surface area (TPSA) is 73.3 Å². The summed E-state index contributed by atoms with van der Waals surface area (Å²) in [7, 11) is 0. The Labute approximate surface area is 114 Å². The van der Waals surface area contributed by atoms with Crippen LogP contribution in [0.15, 0.2) is 59.3 Å². The highest BCUT2D eigenvalue weighted by Crippen LogP contribution is 2.24. The first-order valence-electron chi connectivity index (χ1n) is 5.99. The van der Waals surface area contributed by atoms with E-state index in [-0.39, 0.29) is 11.7 Å². The lowest BCUT2D eigenvalue weighted by Gasteiger charge is -2.17. The maximum Gasteiger partial charge on any atom is 0.149 e. The molecule has 2 aromatic rings. The van der Waals surface area contributed by atoms with Crippen molar-refractivity contribution in [1.29, 1.82) is 0 Å². The minimum Gasteiger partial charge on any atom is -0.457 e. The van der Waals surface area contributed by atoms with Gasteiger partial charge in [-0.25, -0.2) is 4.39 Å². The number of nitrogens with two attached hydrogens (primary N) is 1. The van der Waals surface area contributed by atoms with Crippen molar-refractivity contribution in [3.63, 3.8) is 0 Å². The van der Waals surface area contributed by atoms with Crippen LogP contribution in [0.5, 0.6) is 5.75 Å². The van der Waals surface area contributed by atoms with E-state index in [0.717, 1.165) is 5.56 Å². The summed E-state index contributed by atoms with van der Waals surface area (Å²) < 4.78 is 23.8. The van der Waals surface area contributed by atoms with E-state index in [9.17, 15) is 4.39 Å². The molecule has 3 N–H and O–H groups in total. The molecule has 0 bridgehead atoms. The Morgan fingerprint density at radius 3 is 3.05 bits per heavy atom. The molecular weight excluding hydrogens is 261 g/mol. The van der Waals surface area contributed by atoms with Gasteiger partial charge in [0.05, 0.1) is 17.9 Å². The van der Waals surface area contributed by atoms with Crippen molar-refractivity contribution in [2.75, 3.05) is 5.73 Å². The van der Waals surface area contributed by atoms with Gasteiger partial charge in [0, 0.05) is 17.8 Å². The lowest BCUT2D eigenvalue weighted by atomic mass is 10.1. The number of hydrogen-bond acceptors (Lipinski definition) is 5. The summed E-state index contributed by atoms with van der Waals surface area (Å²) in [6.45, 7) is 0. The van der Waals surface area contributed by atoms with Gasteiger partial charge in [-0.3, -0.25) is 0 Å². The normalized spacial score (nSPS) is 17.4. The van der Waals surface area contributed by atoms with E-state index < -0.39 is 5.82 Å². The van der Waals surface area contributed by atoms with Crippen LogP contribution in [-0.4, -0.2) is 5.16 Å². The lowest BCUT2D eigenvalue weighted by Crippen LogP contribution is -2.17. The standard InChI is InChI=1S/C14H12FN3O2/c15-12-5-10(1-2-13(12)16)20-11-3-4-17-14(6-11)9-7-18-19-8-9/h1-8,14,17H,16H2.